The van der Waals surface area contributed by atoms with Crippen molar-refractivity contribution >= 4 is 23.3 Å². The second-order valence-corrected chi connectivity index (χ2v) is 7.23. The minimum Gasteiger partial charge on any atom is -0.452 e. The minimum atomic E-state index is -0.766. The fourth-order valence-electron chi connectivity index (χ4n) is 3.42. The predicted octanol–water partition coefficient (Wildman–Crippen LogP) is 2.31. The Kier molecular flexibility index (Phi) is 7.74. The summed E-state index contributed by atoms with van der Waals surface area (Å²) >= 11 is 0. The summed E-state index contributed by atoms with van der Waals surface area (Å²) in [6.07, 6.45) is 1.07. The second kappa shape index (κ2) is 10.0. The fraction of sp³-hybridized carbons (Fsp3) is 0.579. The van der Waals surface area contributed by atoms with Gasteiger partial charge in [-0.05, 0) is 30.4 Å². The third-order valence-corrected chi connectivity index (χ3v) is 4.60. The third kappa shape index (κ3) is 5.91. The molecule has 0 spiro atoms. The number of likely N-dealkylation sites (tertiary alicyclic amines) is 1. The Morgan fingerprint density at radius 2 is 1.96 bits per heavy atom. The second-order valence-electron chi connectivity index (χ2n) is 7.23. The Bertz CT molecular complexity index is 714. The number of carbonyl (C=O) groups is 2. The number of amides is 1. The number of rotatable bonds is 8. The molecule has 1 N–H and O–H groups in total. The van der Waals surface area contributed by atoms with Crippen LogP contribution in [0.15, 0.2) is 18.2 Å². The number of methoxy groups -OCH3 is 1. The third-order valence-electron chi connectivity index (χ3n) is 4.60. The van der Waals surface area contributed by atoms with Gasteiger partial charge in [-0.3, -0.25) is 14.9 Å². The maximum absolute atomic E-state index is 12.3. The maximum atomic E-state index is 12.3. The van der Waals surface area contributed by atoms with Crippen molar-refractivity contribution in [2.24, 2.45) is 11.8 Å². The van der Waals surface area contributed by atoms with Gasteiger partial charge >= 0.3 is 5.97 Å². The van der Waals surface area contributed by atoms with Gasteiger partial charge in [-0.15, -0.1) is 0 Å². The molecule has 1 aliphatic heterocycles. The number of piperidine rings is 1. The van der Waals surface area contributed by atoms with Crippen LogP contribution in [0.4, 0.5) is 11.4 Å². The molecule has 1 aromatic carbocycles. The molecular formula is C19H27N3O6. The van der Waals surface area contributed by atoms with E-state index in [1.54, 1.807) is 4.90 Å². The number of benzene rings is 1. The molecule has 0 unspecified atom stereocenters. The van der Waals surface area contributed by atoms with Gasteiger partial charge in [-0.2, -0.15) is 0 Å². The lowest BCUT2D eigenvalue weighted by Gasteiger charge is -2.34. The number of nitro groups is 1. The number of carbonyl (C=O) groups excluding carboxylic acids is 2. The van der Waals surface area contributed by atoms with Crippen LogP contribution in [0.1, 0.15) is 30.6 Å². The number of hydrogen-bond acceptors (Lipinski definition) is 7. The largest absolute Gasteiger partial charge is 0.452 e. The Hall–Kier alpha value is -2.68. The van der Waals surface area contributed by atoms with E-state index in [0.717, 1.165) is 12.5 Å². The number of nitrogens with zero attached hydrogens (tertiary/aromatic N) is 2. The molecule has 154 valence electrons. The standard InChI is InChI=1S/C19H27N3O6/c1-13-8-14(2)11-21(10-13)18(23)12-28-19(24)15-4-5-16(20-6-7-27-3)17(9-15)22(25)26/h4-5,9,13-14,20H,6-8,10-12H2,1-3H3/t13-,14-/m1/s1. The summed E-state index contributed by atoms with van der Waals surface area (Å²) in [5.74, 6) is -0.203. The zero-order valence-electron chi connectivity index (χ0n) is 16.5. The van der Waals surface area contributed by atoms with E-state index in [4.69, 9.17) is 9.47 Å². The Morgan fingerprint density at radius 1 is 1.29 bits per heavy atom. The number of ether oxygens (including phenoxy) is 2. The highest BCUT2D eigenvalue weighted by Gasteiger charge is 2.26. The fourth-order valence-corrected chi connectivity index (χ4v) is 3.42. The number of nitrogens with one attached hydrogen (secondary N) is 1. The SMILES string of the molecule is COCCNc1ccc(C(=O)OCC(=O)N2C[C@H](C)C[C@@H](C)C2)cc1[N+](=O)[O-]. The first-order chi connectivity index (χ1) is 13.3. The zero-order chi connectivity index (χ0) is 20.7. The van der Waals surface area contributed by atoms with Gasteiger partial charge in [-0.25, -0.2) is 4.79 Å². The van der Waals surface area contributed by atoms with Crippen molar-refractivity contribution in [2.75, 3.05) is 45.3 Å². The molecule has 1 aliphatic rings. The van der Waals surface area contributed by atoms with Gasteiger partial charge in [0.05, 0.1) is 17.1 Å². The molecule has 9 nitrogen and oxygen atoms in total. The molecule has 0 bridgehead atoms. The Balaban J connectivity index is 1.98. The summed E-state index contributed by atoms with van der Waals surface area (Å²) in [6.45, 7) is 5.87. The minimum absolute atomic E-state index is 0.0252. The van der Waals surface area contributed by atoms with Crippen molar-refractivity contribution in [1.82, 2.24) is 4.90 Å². The topological polar surface area (TPSA) is 111 Å². The van der Waals surface area contributed by atoms with Gasteiger partial charge in [0.1, 0.15) is 5.69 Å². The van der Waals surface area contributed by atoms with Crippen LogP contribution in [0.5, 0.6) is 0 Å². The zero-order valence-corrected chi connectivity index (χ0v) is 16.5. The van der Waals surface area contributed by atoms with Crippen molar-refractivity contribution in [3.05, 3.63) is 33.9 Å². The molecule has 1 heterocycles. The van der Waals surface area contributed by atoms with Crippen LogP contribution in [0.3, 0.4) is 0 Å². The first kappa shape index (κ1) is 21.6. The van der Waals surface area contributed by atoms with Gasteiger partial charge < -0.3 is 19.7 Å². The summed E-state index contributed by atoms with van der Waals surface area (Å²) < 4.78 is 9.99. The molecule has 0 saturated carbocycles. The molecule has 0 aromatic heterocycles. The van der Waals surface area contributed by atoms with Gasteiger partial charge in [0.2, 0.25) is 0 Å². The molecule has 0 aliphatic carbocycles. The van der Waals surface area contributed by atoms with E-state index >= 15 is 0 Å². The molecule has 1 saturated heterocycles. The molecule has 1 amide bonds. The number of hydrogen-bond donors (Lipinski definition) is 1. The normalized spacial score (nSPS) is 19.2. The molecule has 1 fully saturated rings. The van der Waals surface area contributed by atoms with Gasteiger partial charge in [0.25, 0.3) is 11.6 Å². The molecule has 2 rings (SSSR count). The van der Waals surface area contributed by atoms with Crippen molar-refractivity contribution in [3.63, 3.8) is 0 Å². The van der Waals surface area contributed by atoms with Gasteiger partial charge in [0.15, 0.2) is 6.61 Å². The van der Waals surface area contributed by atoms with E-state index in [0.29, 0.717) is 38.1 Å². The summed E-state index contributed by atoms with van der Waals surface area (Å²) in [4.78, 5) is 37.0. The van der Waals surface area contributed by atoms with Crippen LogP contribution in [0, 0.1) is 22.0 Å². The smallest absolute Gasteiger partial charge is 0.338 e. The van der Waals surface area contributed by atoms with E-state index in [2.05, 4.69) is 19.2 Å². The van der Waals surface area contributed by atoms with Crippen molar-refractivity contribution in [3.8, 4) is 0 Å². The molecule has 0 radical (unpaired) electrons. The first-order valence-corrected chi connectivity index (χ1v) is 9.28. The Morgan fingerprint density at radius 3 is 2.57 bits per heavy atom. The predicted molar refractivity (Wildman–Crippen MR) is 103 cm³/mol. The lowest BCUT2D eigenvalue weighted by Crippen LogP contribution is -2.44. The van der Waals surface area contributed by atoms with E-state index < -0.39 is 10.9 Å². The van der Waals surface area contributed by atoms with Crippen LogP contribution < -0.4 is 5.32 Å². The quantitative estimate of drug-likeness (QED) is 0.312. The van der Waals surface area contributed by atoms with Crippen LogP contribution >= 0.6 is 0 Å². The summed E-state index contributed by atoms with van der Waals surface area (Å²) in [7, 11) is 1.53. The molecule has 9 heteroatoms. The number of esters is 1. The van der Waals surface area contributed by atoms with E-state index in [1.807, 2.05) is 0 Å². The molecule has 28 heavy (non-hydrogen) atoms. The van der Waals surface area contributed by atoms with Crippen LogP contribution in [0.2, 0.25) is 0 Å². The average molecular weight is 393 g/mol. The van der Waals surface area contributed by atoms with Crippen LogP contribution in [-0.2, 0) is 14.3 Å². The maximum Gasteiger partial charge on any atom is 0.338 e. The van der Waals surface area contributed by atoms with E-state index in [1.165, 1.54) is 19.2 Å². The van der Waals surface area contributed by atoms with Crippen molar-refractivity contribution < 1.29 is 24.0 Å². The van der Waals surface area contributed by atoms with Gasteiger partial charge in [-0.1, -0.05) is 13.8 Å². The average Bonchev–Trinajstić information content (AvgIpc) is 2.65. The highest BCUT2D eigenvalue weighted by atomic mass is 16.6. The van der Waals surface area contributed by atoms with Crippen LogP contribution in [0.25, 0.3) is 0 Å². The number of nitro benzene ring substituents is 1. The highest BCUT2D eigenvalue weighted by molar-refractivity contribution is 5.93. The van der Waals surface area contributed by atoms with Crippen molar-refractivity contribution in [2.45, 2.75) is 20.3 Å². The van der Waals surface area contributed by atoms with Crippen molar-refractivity contribution in [1.29, 1.82) is 0 Å². The summed E-state index contributed by atoms with van der Waals surface area (Å²) in [5, 5.41) is 14.2. The molecule has 1 aromatic rings. The van der Waals surface area contributed by atoms with E-state index in [-0.39, 0.29) is 29.5 Å². The monoisotopic (exact) mass is 393 g/mol. The van der Waals surface area contributed by atoms with Gasteiger partial charge in [0, 0.05) is 32.8 Å². The molecule has 2 atom stereocenters. The highest BCUT2D eigenvalue weighted by Crippen LogP contribution is 2.26. The summed E-state index contributed by atoms with van der Waals surface area (Å²) in [6, 6.07) is 4.02. The molecular weight excluding hydrogens is 366 g/mol. The van der Waals surface area contributed by atoms with E-state index in [9.17, 15) is 19.7 Å². The van der Waals surface area contributed by atoms with Crippen LogP contribution in [-0.4, -0.2) is 61.7 Å². The summed E-state index contributed by atoms with van der Waals surface area (Å²) in [5.41, 5.74) is 0.0682. The lowest BCUT2D eigenvalue weighted by atomic mass is 9.92. The first-order valence-electron chi connectivity index (χ1n) is 9.28. The lowest BCUT2D eigenvalue weighted by molar-refractivity contribution is -0.384. The number of anilines is 1. The Labute approximate surface area is 164 Å².